The first-order chi connectivity index (χ1) is 8.09. The normalized spacial score (nSPS) is 18.7. The minimum atomic E-state index is 0. The zero-order valence-electron chi connectivity index (χ0n) is 12.5. The van der Waals surface area contributed by atoms with E-state index in [-0.39, 0.29) is 24.0 Å². The van der Waals surface area contributed by atoms with Gasteiger partial charge in [0.05, 0.1) is 0 Å². The molecule has 1 fully saturated rings. The van der Waals surface area contributed by atoms with Crippen molar-refractivity contribution in [1.82, 2.24) is 10.2 Å². The van der Waals surface area contributed by atoms with Crippen LogP contribution < -0.4 is 5.32 Å². The summed E-state index contributed by atoms with van der Waals surface area (Å²) in [4.78, 5) is 6.77. The Kier molecular flexibility index (Phi) is 8.99. The molecule has 1 saturated heterocycles. The molecule has 0 atom stereocenters. The van der Waals surface area contributed by atoms with E-state index in [1.165, 1.54) is 32.1 Å². The summed E-state index contributed by atoms with van der Waals surface area (Å²) in [5, 5.41) is 3.48. The van der Waals surface area contributed by atoms with Crippen LogP contribution in [0, 0.1) is 5.41 Å². The summed E-state index contributed by atoms with van der Waals surface area (Å²) in [7, 11) is 1.89. The van der Waals surface area contributed by atoms with E-state index >= 15 is 0 Å². The summed E-state index contributed by atoms with van der Waals surface area (Å²) < 4.78 is 0. The average molecular weight is 367 g/mol. The first-order valence-electron chi connectivity index (χ1n) is 7.04. The summed E-state index contributed by atoms with van der Waals surface area (Å²) in [5.74, 6) is 1.09. The van der Waals surface area contributed by atoms with Gasteiger partial charge < -0.3 is 10.2 Å². The van der Waals surface area contributed by atoms with Gasteiger partial charge in [0.15, 0.2) is 5.96 Å². The minimum Gasteiger partial charge on any atom is -0.356 e. The highest BCUT2D eigenvalue weighted by molar-refractivity contribution is 14.0. The van der Waals surface area contributed by atoms with Gasteiger partial charge in [-0.25, -0.2) is 0 Å². The summed E-state index contributed by atoms with van der Waals surface area (Å²) in [6.45, 7) is 10.2. The zero-order chi connectivity index (χ0) is 12.7. The Morgan fingerprint density at radius 2 is 2.00 bits per heavy atom. The number of rotatable bonds is 5. The van der Waals surface area contributed by atoms with Crippen LogP contribution in [0.4, 0.5) is 0 Å². The number of hydrogen-bond donors (Lipinski definition) is 1. The minimum absolute atomic E-state index is 0. The quantitative estimate of drug-likeness (QED) is 0.349. The molecule has 0 aromatic heterocycles. The van der Waals surface area contributed by atoms with E-state index in [0.717, 1.165) is 25.6 Å². The van der Waals surface area contributed by atoms with Crippen LogP contribution in [0.2, 0.25) is 0 Å². The van der Waals surface area contributed by atoms with E-state index in [0.29, 0.717) is 5.41 Å². The van der Waals surface area contributed by atoms with Gasteiger partial charge in [0.1, 0.15) is 0 Å². The van der Waals surface area contributed by atoms with Crippen molar-refractivity contribution >= 4 is 29.9 Å². The van der Waals surface area contributed by atoms with Gasteiger partial charge in [-0.2, -0.15) is 0 Å². The van der Waals surface area contributed by atoms with Crippen molar-refractivity contribution in [2.24, 2.45) is 10.4 Å². The third-order valence-corrected chi connectivity index (χ3v) is 3.50. The van der Waals surface area contributed by atoms with E-state index in [9.17, 15) is 0 Å². The number of nitrogens with one attached hydrogen (secondary N) is 1. The van der Waals surface area contributed by atoms with Crippen LogP contribution in [-0.2, 0) is 0 Å². The second-order valence-electron chi connectivity index (χ2n) is 5.87. The molecule has 4 heteroatoms. The van der Waals surface area contributed by atoms with Crippen LogP contribution in [0.3, 0.4) is 0 Å². The SMILES string of the molecule is CCCCCCNC(=NC)N1CCC(C)(C)C1.I. The zero-order valence-corrected chi connectivity index (χ0v) is 14.8. The maximum absolute atomic E-state index is 4.38. The lowest BCUT2D eigenvalue weighted by molar-refractivity contribution is 0.370. The molecule has 0 spiro atoms. The van der Waals surface area contributed by atoms with Crippen molar-refractivity contribution in [1.29, 1.82) is 0 Å². The van der Waals surface area contributed by atoms with Gasteiger partial charge >= 0.3 is 0 Å². The van der Waals surface area contributed by atoms with Gasteiger partial charge in [-0.05, 0) is 18.3 Å². The first kappa shape index (κ1) is 18.0. The number of likely N-dealkylation sites (tertiary alicyclic amines) is 1. The maximum Gasteiger partial charge on any atom is 0.193 e. The van der Waals surface area contributed by atoms with Crippen molar-refractivity contribution in [2.45, 2.75) is 52.9 Å². The average Bonchev–Trinajstić information content (AvgIpc) is 2.64. The summed E-state index contributed by atoms with van der Waals surface area (Å²) in [6, 6.07) is 0. The molecule has 0 aromatic carbocycles. The number of unbranched alkanes of at least 4 members (excludes halogenated alkanes) is 3. The Morgan fingerprint density at radius 3 is 2.50 bits per heavy atom. The molecule has 1 heterocycles. The second kappa shape index (κ2) is 8.99. The van der Waals surface area contributed by atoms with Crippen LogP contribution in [-0.4, -0.2) is 37.5 Å². The molecule has 108 valence electrons. The molecular weight excluding hydrogens is 337 g/mol. The van der Waals surface area contributed by atoms with Crippen LogP contribution >= 0.6 is 24.0 Å². The van der Waals surface area contributed by atoms with Crippen LogP contribution in [0.5, 0.6) is 0 Å². The molecular formula is C14H30IN3. The van der Waals surface area contributed by atoms with E-state index in [2.05, 4.69) is 36.0 Å². The lowest BCUT2D eigenvalue weighted by Crippen LogP contribution is -2.41. The Labute approximate surface area is 130 Å². The summed E-state index contributed by atoms with van der Waals surface area (Å²) in [6.07, 6.45) is 6.49. The Morgan fingerprint density at radius 1 is 1.28 bits per heavy atom. The molecule has 1 N–H and O–H groups in total. The van der Waals surface area contributed by atoms with Crippen molar-refractivity contribution in [2.75, 3.05) is 26.7 Å². The predicted octanol–water partition coefficient (Wildman–Crippen LogP) is 3.49. The largest absolute Gasteiger partial charge is 0.356 e. The Bertz CT molecular complexity index is 251. The lowest BCUT2D eigenvalue weighted by Gasteiger charge is -2.23. The Hall–Kier alpha value is 0. The van der Waals surface area contributed by atoms with Gasteiger partial charge in [-0.15, -0.1) is 24.0 Å². The van der Waals surface area contributed by atoms with Crippen molar-refractivity contribution < 1.29 is 0 Å². The fraction of sp³-hybridized carbons (Fsp3) is 0.929. The van der Waals surface area contributed by atoms with E-state index in [1.54, 1.807) is 0 Å². The third kappa shape index (κ3) is 6.25. The highest BCUT2D eigenvalue weighted by Crippen LogP contribution is 2.28. The van der Waals surface area contributed by atoms with Gasteiger partial charge in [0.2, 0.25) is 0 Å². The van der Waals surface area contributed by atoms with Gasteiger partial charge in [-0.1, -0.05) is 40.0 Å². The second-order valence-corrected chi connectivity index (χ2v) is 5.87. The van der Waals surface area contributed by atoms with E-state index in [1.807, 2.05) is 7.05 Å². The van der Waals surface area contributed by atoms with Crippen molar-refractivity contribution in [3.63, 3.8) is 0 Å². The molecule has 0 saturated carbocycles. The highest BCUT2D eigenvalue weighted by Gasteiger charge is 2.30. The van der Waals surface area contributed by atoms with Crippen LogP contribution in [0.25, 0.3) is 0 Å². The number of aliphatic imine (C=N–C) groups is 1. The standard InChI is InChI=1S/C14H29N3.HI/c1-5-6-7-8-10-16-13(15-4)17-11-9-14(2,3)12-17;/h5-12H2,1-4H3,(H,15,16);1H. The molecule has 0 aliphatic carbocycles. The number of hydrogen-bond acceptors (Lipinski definition) is 1. The monoisotopic (exact) mass is 367 g/mol. The Balaban J connectivity index is 0.00000289. The maximum atomic E-state index is 4.38. The van der Waals surface area contributed by atoms with Crippen LogP contribution in [0.15, 0.2) is 4.99 Å². The number of halogens is 1. The highest BCUT2D eigenvalue weighted by atomic mass is 127. The molecule has 1 aliphatic rings. The molecule has 0 amide bonds. The molecule has 18 heavy (non-hydrogen) atoms. The van der Waals surface area contributed by atoms with Crippen molar-refractivity contribution in [3.8, 4) is 0 Å². The molecule has 0 unspecified atom stereocenters. The fourth-order valence-corrected chi connectivity index (χ4v) is 2.38. The third-order valence-electron chi connectivity index (χ3n) is 3.50. The summed E-state index contributed by atoms with van der Waals surface area (Å²) >= 11 is 0. The smallest absolute Gasteiger partial charge is 0.193 e. The molecule has 0 bridgehead atoms. The van der Waals surface area contributed by atoms with Gasteiger partial charge in [0.25, 0.3) is 0 Å². The number of guanidine groups is 1. The fourth-order valence-electron chi connectivity index (χ4n) is 2.38. The number of nitrogens with zero attached hydrogens (tertiary/aromatic N) is 2. The molecule has 1 aliphatic heterocycles. The van der Waals surface area contributed by atoms with Crippen LogP contribution in [0.1, 0.15) is 52.9 Å². The first-order valence-corrected chi connectivity index (χ1v) is 7.04. The molecule has 3 nitrogen and oxygen atoms in total. The topological polar surface area (TPSA) is 27.6 Å². The summed E-state index contributed by atoms with van der Waals surface area (Å²) in [5.41, 5.74) is 0.444. The van der Waals surface area contributed by atoms with Gasteiger partial charge in [-0.3, -0.25) is 4.99 Å². The molecule has 0 aromatic rings. The van der Waals surface area contributed by atoms with E-state index in [4.69, 9.17) is 0 Å². The molecule has 1 rings (SSSR count). The molecule has 0 radical (unpaired) electrons. The predicted molar refractivity (Wildman–Crippen MR) is 90.9 cm³/mol. The lowest BCUT2D eigenvalue weighted by atomic mass is 9.93. The van der Waals surface area contributed by atoms with Crippen molar-refractivity contribution in [3.05, 3.63) is 0 Å². The van der Waals surface area contributed by atoms with E-state index < -0.39 is 0 Å². The van der Waals surface area contributed by atoms with Gasteiger partial charge in [0, 0.05) is 26.7 Å².